The van der Waals surface area contributed by atoms with Crippen LogP contribution in [0.3, 0.4) is 0 Å². The SMILES string of the molecule is CCCC[C@H]1C(=O)OC[C@]1(C)c1ccccc1. The summed E-state index contributed by atoms with van der Waals surface area (Å²) in [5.41, 5.74) is 1.07. The van der Waals surface area contributed by atoms with Gasteiger partial charge in [0.15, 0.2) is 0 Å². The third kappa shape index (κ3) is 2.21. The number of esters is 1. The van der Waals surface area contributed by atoms with Crippen LogP contribution < -0.4 is 0 Å². The van der Waals surface area contributed by atoms with E-state index in [1.165, 1.54) is 5.56 Å². The Kier molecular flexibility index (Phi) is 3.51. The van der Waals surface area contributed by atoms with Gasteiger partial charge in [-0.2, -0.15) is 0 Å². The van der Waals surface area contributed by atoms with Crippen molar-refractivity contribution in [1.82, 2.24) is 0 Å². The highest BCUT2D eigenvalue weighted by atomic mass is 16.5. The first-order valence-corrected chi connectivity index (χ1v) is 6.40. The Morgan fingerprint density at radius 2 is 2.06 bits per heavy atom. The van der Waals surface area contributed by atoms with Crippen LogP contribution in [0.4, 0.5) is 0 Å². The summed E-state index contributed by atoms with van der Waals surface area (Å²) in [5.74, 6) is -0.00495. The third-order valence-corrected chi connectivity index (χ3v) is 3.85. The van der Waals surface area contributed by atoms with E-state index in [2.05, 4.69) is 26.0 Å². The topological polar surface area (TPSA) is 26.3 Å². The van der Waals surface area contributed by atoms with Gasteiger partial charge in [0.25, 0.3) is 0 Å². The Hall–Kier alpha value is -1.31. The summed E-state index contributed by atoms with van der Waals surface area (Å²) < 4.78 is 5.29. The molecule has 1 heterocycles. The van der Waals surface area contributed by atoms with Crippen molar-refractivity contribution in [2.24, 2.45) is 5.92 Å². The van der Waals surface area contributed by atoms with Crippen LogP contribution in [0.25, 0.3) is 0 Å². The quantitative estimate of drug-likeness (QED) is 0.744. The predicted molar refractivity (Wildman–Crippen MR) is 67.8 cm³/mol. The van der Waals surface area contributed by atoms with Gasteiger partial charge in [0, 0.05) is 5.41 Å². The summed E-state index contributed by atoms with van der Waals surface area (Å²) in [6, 6.07) is 10.3. The van der Waals surface area contributed by atoms with Crippen molar-refractivity contribution in [3.63, 3.8) is 0 Å². The highest BCUT2D eigenvalue weighted by molar-refractivity contribution is 5.77. The summed E-state index contributed by atoms with van der Waals surface area (Å²) >= 11 is 0. The zero-order valence-corrected chi connectivity index (χ0v) is 10.6. The molecule has 0 aromatic heterocycles. The molecule has 1 aromatic rings. The Balaban J connectivity index is 2.26. The molecule has 1 aromatic carbocycles. The second-order valence-electron chi connectivity index (χ2n) is 5.09. The van der Waals surface area contributed by atoms with E-state index in [1.807, 2.05) is 18.2 Å². The summed E-state index contributed by atoms with van der Waals surface area (Å²) in [6.45, 7) is 4.82. The Morgan fingerprint density at radius 3 is 2.71 bits per heavy atom. The van der Waals surface area contributed by atoms with Crippen LogP contribution in [0.15, 0.2) is 30.3 Å². The van der Waals surface area contributed by atoms with E-state index in [-0.39, 0.29) is 17.3 Å². The molecule has 0 aliphatic carbocycles. The monoisotopic (exact) mass is 232 g/mol. The molecule has 2 nitrogen and oxygen atoms in total. The Bertz CT molecular complexity index is 385. The number of unbranched alkanes of at least 4 members (excludes halogenated alkanes) is 1. The molecule has 92 valence electrons. The minimum atomic E-state index is -0.145. The van der Waals surface area contributed by atoms with Crippen molar-refractivity contribution in [2.45, 2.75) is 38.5 Å². The number of carbonyl (C=O) groups is 1. The largest absolute Gasteiger partial charge is 0.464 e. The first kappa shape index (κ1) is 12.2. The van der Waals surface area contributed by atoms with Gasteiger partial charge in [-0.05, 0) is 12.0 Å². The normalized spacial score (nSPS) is 28.1. The smallest absolute Gasteiger partial charge is 0.309 e. The molecule has 17 heavy (non-hydrogen) atoms. The van der Waals surface area contributed by atoms with Crippen LogP contribution in [0.2, 0.25) is 0 Å². The maximum Gasteiger partial charge on any atom is 0.309 e. The second kappa shape index (κ2) is 4.91. The van der Waals surface area contributed by atoms with Crippen LogP contribution in [0.1, 0.15) is 38.7 Å². The van der Waals surface area contributed by atoms with E-state index >= 15 is 0 Å². The van der Waals surface area contributed by atoms with Crippen molar-refractivity contribution in [2.75, 3.05) is 6.61 Å². The number of cyclic esters (lactones) is 1. The van der Waals surface area contributed by atoms with E-state index in [4.69, 9.17) is 4.74 Å². The summed E-state index contributed by atoms with van der Waals surface area (Å²) in [4.78, 5) is 11.8. The Labute approximate surface area is 103 Å². The van der Waals surface area contributed by atoms with Crippen molar-refractivity contribution in [3.8, 4) is 0 Å². The van der Waals surface area contributed by atoms with Crippen molar-refractivity contribution in [1.29, 1.82) is 0 Å². The standard InChI is InChI=1S/C15H20O2/c1-3-4-10-13-14(16)17-11-15(13,2)12-8-6-5-7-9-12/h5-9,13H,3-4,10-11H2,1-2H3/t13-,15+/m0/s1. The molecule has 0 unspecified atom stereocenters. The van der Waals surface area contributed by atoms with Crippen LogP contribution in [0, 0.1) is 5.92 Å². The molecule has 0 amide bonds. The molecule has 2 rings (SSSR count). The highest BCUT2D eigenvalue weighted by Gasteiger charge is 2.47. The van der Waals surface area contributed by atoms with Crippen molar-refractivity contribution in [3.05, 3.63) is 35.9 Å². The average Bonchev–Trinajstić information content (AvgIpc) is 2.65. The molecule has 1 saturated heterocycles. The lowest BCUT2D eigenvalue weighted by Crippen LogP contribution is -2.32. The van der Waals surface area contributed by atoms with Crippen LogP contribution >= 0.6 is 0 Å². The predicted octanol–water partition coefficient (Wildman–Crippen LogP) is 3.31. The molecule has 0 bridgehead atoms. The van der Waals surface area contributed by atoms with Gasteiger partial charge in [0.05, 0.1) is 5.92 Å². The second-order valence-corrected chi connectivity index (χ2v) is 5.09. The number of rotatable bonds is 4. The highest BCUT2D eigenvalue weighted by Crippen LogP contribution is 2.40. The number of ether oxygens (including phenoxy) is 1. The van der Waals surface area contributed by atoms with E-state index in [0.29, 0.717) is 6.61 Å². The fourth-order valence-electron chi connectivity index (χ4n) is 2.63. The number of benzene rings is 1. The molecular weight excluding hydrogens is 212 g/mol. The third-order valence-electron chi connectivity index (χ3n) is 3.85. The fraction of sp³-hybridized carbons (Fsp3) is 0.533. The molecule has 0 spiro atoms. The molecule has 1 fully saturated rings. The van der Waals surface area contributed by atoms with Gasteiger partial charge >= 0.3 is 5.97 Å². The van der Waals surface area contributed by atoms with Gasteiger partial charge in [0.2, 0.25) is 0 Å². The molecule has 2 heteroatoms. The molecule has 1 aliphatic rings. The lowest BCUT2D eigenvalue weighted by molar-refractivity contribution is -0.141. The molecule has 0 radical (unpaired) electrons. The molecule has 2 atom stereocenters. The zero-order valence-electron chi connectivity index (χ0n) is 10.6. The summed E-state index contributed by atoms with van der Waals surface area (Å²) in [6.07, 6.45) is 3.14. The maximum absolute atomic E-state index is 11.8. The fourth-order valence-corrected chi connectivity index (χ4v) is 2.63. The van der Waals surface area contributed by atoms with Gasteiger partial charge in [-0.15, -0.1) is 0 Å². The number of hydrogen-bond acceptors (Lipinski definition) is 2. The van der Waals surface area contributed by atoms with Crippen LogP contribution in [-0.4, -0.2) is 12.6 Å². The van der Waals surface area contributed by atoms with Gasteiger partial charge in [-0.1, -0.05) is 57.0 Å². The van der Waals surface area contributed by atoms with E-state index in [0.717, 1.165) is 19.3 Å². The van der Waals surface area contributed by atoms with E-state index < -0.39 is 0 Å². The van der Waals surface area contributed by atoms with Crippen molar-refractivity contribution >= 4 is 5.97 Å². The number of hydrogen-bond donors (Lipinski definition) is 0. The minimum absolute atomic E-state index is 0.0184. The van der Waals surface area contributed by atoms with Crippen LogP contribution in [-0.2, 0) is 14.9 Å². The van der Waals surface area contributed by atoms with E-state index in [9.17, 15) is 4.79 Å². The van der Waals surface area contributed by atoms with Crippen LogP contribution in [0.5, 0.6) is 0 Å². The zero-order chi connectivity index (χ0) is 12.3. The van der Waals surface area contributed by atoms with Gasteiger partial charge in [0.1, 0.15) is 6.61 Å². The molecule has 1 aliphatic heterocycles. The summed E-state index contributed by atoms with van der Waals surface area (Å²) in [5, 5.41) is 0. The number of carbonyl (C=O) groups excluding carboxylic acids is 1. The van der Waals surface area contributed by atoms with Crippen molar-refractivity contribution < 1.29 is 9.53 Å². The van der Waals surface area contributed by atoms with Gasteiger partial charge in [-0.25, -0.2) is 0 Å². The molecule has 0 N–H and O–H groups in total. The van der Waals surface area contributed by atoms with E-state index in [1.54, 1.807) is 0 Å². The maximum atomic E-state index is 11.8. The molecule has 0 saturated carbocycles. The summed E-state index contributed by atoms with van der Waals surface area (Å²) in [7, 11) is 0. The Morgan fingerprint density at radius 1 is 1.35 bits per heavy atom. The lowest BCUT2D eigenvalue weighted by Gasteiger charge is -2.27. The first-order valence-electron chi connectivity index (χ1n) is 6.40. The molecular formula is C15H20O2. The average molecular weight is 232 g/mol. The first-order chi connectivity index (χ1) is 8.18. The minimum Gasteiger partial charge on any atom is -0.464 e. The lowest BCUT2D eigenvalue weighted by atomic mass is 9.72. The van der Waals surface area contributed by atoms with Gasteiger partial charge in [-0.3, -0.25) is 4.79 Å². The van der Waals surface area contributed by atoms with Gasteiger partial charge < -0.3 is 4.74 Å².